The van der Waals surface area contributed by atoms with Gasteiger partial charge in [0.2, 0.25) is 11.8 Å². The second kappa shape index (κ2) is 7.24. The molecule has 3 aliphatic rings. The van der Waals surface area contributed by atoms with E-state index >= 15 is 0 Å². The molecule has 32 heavy (non-hydrogen) atoms. The van der Waals surface area contributed by atoms with Gasteiger partial charge in [0, 0.05) is 29.9 Å². The van der Waals surface area contributed by atoms with E-state index in [0.29, 0.717) is 23.2 Å². The van der Waals surface area contributed by atoms with Crippen molar-refractivity contribution in [3.8, 4) is 0 Å². The molecule has 166 valence electrons. The minimum absolute atomic E-state index is 0.0517. The standard InChI is InChI=1S/C25H26FN3O3/c1-14(2)12-18-20-21(23(31)28(3)22(20)30)25(27-18)16-9-5-7-11-19(16)29(24(25)32)13-15-8-4-6-10-17(15)26/h4-11,14,18,20-21,27H,12-13H2,1-3H3/t18-,20+,21+,25-/m0/s1. The molecule has 2 saturated heterocycles. The summed E-state index contributed by atoms with van der Waals surface area (Å²) in [5.41, 5.74) is 0.391. The van der Waals surface area contributed by atoms with E-state index in [1.165, 1.54) is 18.0 Å². The van der Waals surface area contributed by atoms with Crippen LogP contribution in [0.2, 0.25) is 0 Å². The molecule has 2 aromatic carbocycles. The molecule has 3 aliphatic heterocycles. The smallest absolute Gasteiger partial charge is 0.253 e. The Morgan fingerprint density at radius 3 is 2.44 bits per heavy atom. The molecule has 0 aromatic heterocycles. The molecule has 3 heterocycles. The van der Waals surface area contributed by atoms with Gasteiger partial charge in [0.25, 0.3) is 5.91 Å². The molecule has 1 spiro atoms. The van der Waals surface area contributed by atoms with E-state index in [1.54, 1.807) is 23.1 Å². The van der Waals surface area contributed by atoms with E-state index in [-0.39, 0.29) is 42.0 Å². The van der Waals surface area contributed by atoms with Gasteiger partial charge >= 0.3 is 0 Å². The van der Waals surface area contributed by atoms with Crippen molar-refractivity contribution < 1.29 is 18.8 Å². The molecule has 1 N–H and O–H groups in total. The average Bonchev–Trinajstić information content (AvgIpc) is 3.30. The van der Waals surface area contributed by atoms with Crippen LogP contribution in [-0.2, 0) is 26.5 Å². The minimum atomic E-state index is -1.33. The van der Waals surface area contributed by atoms with Crippen molar-refractivity contribution in [2.45, 2.75) is 38.4 Å². The maximum absolute atomic E-state index is 14.4. The number of nitrogens with one attached hydrogen (secondary N) is 1. The molecule has 0 unspecified atom stereocenters. The van der Waals surface area contributed by atoms with Gasteiger partial charge in [-0.25, -0.2) is 4.39 Å². The van der Waals surface area contributed by atoms with Crippen LogP contribution in [0.1, 0.15) is 31.4 Å². The number of fused-ring (bicyclic) bond motifs is 4. The summed E-state index contributed by atoms with van der Waals surface area (Å²) in [5, 5.41) is 3.46. The maximum atomic E-state index is 14.4. The van der Waals surface area contributed by atoms with E-state index in [0.717, 1.165) is 0 Å². The van der Waals surface area contributed by atoms with Crippen molar-refractivity contribution in [1.82, 2.24) is 10.2 Å². The van der Waals surface area contributed by atoms with Crippen molar-refractivity contribution in [2.24, 2.45) is 17.8 Å². The lowest BCUT2D eigenvalue weighted by atomic mass is 9.76. The lowest BCUT2D eigenvalue weighted by Crippen LogP contribution is -2.54. The first-order valence-corrected chi connectivity index (χ1v) is 11.0. The van der Waals surface area contributed by atoms with Crippen LogP contribution < -0.4 is 10.2 Å². The Morgan fingerprint density at radius 2 is 1.72 bits per heavy atom. The Labute approximate surface area is 186 Å². The van der Waals surface area contributed by atoms with Crippen LogP contribution in [0.4, 0.5) is 10.1 Å². The molecule has 0 aliphatic carbocycles. The number of likely N-dealkylation sites (tertiary alicyclic amines) is 1. The van der Waals surface area contributed by atoms with E-state index in [4.69, 9.17) is 0 Å². The predicted molar refractivity (Wildman–Crippen MR) is 117 cm³/mol. The highest BCUT2D eigenvalue weighted by molar-refractivity contribution is 6.15. The van der Waals surface area contributed by atoms with Crippen LogP contribution in [0, 0.1) is 23.6 Å². The fourth-order valence-corrected chi connectivity index (χ4v) is 5.76. The van der Waals surface area contributed by atoms with Gasteiger partial charge < -0.3 is 4.90 Å². The van der Waals surface area contributed by atoms with Gasteiger partial charge in [0.15, 0.2) is 0 Å². The summed E-state index contributed by atoms with van der Waals surface area (Å²) in [6.45, 7) is 4.17. The van der Waals surface area contributed by atoms with Crippen molar-refractivity contribution in [2.75, 3.05) is 11.9 Å². The second-order valence-electron chi connectivity index (χ2n) is 9.43. The molecule has 6 nitrogen and oxygen atoms in total. The Hall–Kier alpha value is -3.06. The normalized spacial score (nSPS) is 28.9. The van der Waals surface area contributed by atoms with Crippen molar-refractivity contribution >= 4 is 23.4 Å². The third-order valence-electron chi connectivity index (χ3n) is 7.10. The molecule has 3 amide bonds. The number of hydrogen-bond donors (Lipinski definition) is 1. The first-order chi connectivity index (χ1) is 15.3. The summed E-state index contributed by atoms with van der Waals surface area (Å²) in [5.74, 6) is -2.41. The van der Waals surface area contributed by atoms with Gasteiger partial charge in [-0.1, -0.05) is 50.2 Å². The fraction of sp³-hybridized carbons (Fsp3) is 0.400. The summed E-state index contributed by atoms with van der Waals surface area (Å²) in [7, 11) is 1.49. The molecular weight excluding hydrogens is 409 g/mol. The largest absolute Gasteiger partial charge is 0.306 e. The highest BCUT2D eigenvalue weighted by Gasteiger charge is 2.71. The topological polar surface area (TPSA) is 69.7 Å². The summed E-state index contributed by atoms with van der Waals surface area (Å²) >= 11 is 0. The molecule has 2 fully saturated rings. The number of amides is 3. The maximum Gasteiger partial charge on any atom is 0.253 e. The van der Waals surface area contributed by atoms with Crippen molar-refractivity contribution in [3.05, 3.63) is 65.5 Å². The van der Waals surface area contributed by atoms with E-state index < -0.39 is 17.4 Å². The van der Waals surface area contributed by atoms with E-state index in [2.05, 4.69) is 19.2 Å². The Kier molecular flexibility index (Phi) is 4.71. The number of halogens is 1. The summed E-state index contributed by atoms with van der Waals surface area (Å²) in [6.07, 6.45) is 0.665. The van der Waals surface area contributed by atoms with Gasteiger partial charge in [0.1, 0.15) is 11.4 Å². The van der Waals surface area contributed by atoms with Gasteiger partial charge in [-0.15, -0.1) is 0 Å². The zero-order valence-electron chi connectivity index (χ0n) is 18.3. The number of anilines is 1. The highest BCUT2D eigenvalue weighted by atomic mass is 19.1. The molecule has 0 radical (unpaired) electrons. The average molecular weight is 435 g/mol. The molecule has 7 heteroatoms. The first-order valence-electron chi connectivity index (χ1n) is 11.0. The number of hydrogen-bond acceptors (Lipinski definition) is 4. The quantitative estimate of drug-likeness (QED) is 0.750. The zero-order chi connectivity index (χ0) is 22.8. The number of benzene rings is 2. The summed E-state index contributed by atoms with van der Waals surface area (Å²) in [4.78, 5) is 43.2. The van der Waals surface area contributed by atoms with E-state index in [9.17, 15) is 18.8 Å². The van der Waals surface area contributed by atoms with E-state index in [1.807, 2.05) is 24.3 Å². The molecular formula is C25H26FN3O3. The highest BCUT2D eigenvalue weighted by Crippen LogP contribution is 2.55. The molecule has 0 bridgehead atoms. The number of rotatable bonds is 4. The van der Waals surface area contributed by atoms with Crippen LogP contribution in [0.15, 0.2) is 48.5 Å². The van der Waals surface area contributed by atoms with Gasteiger partial charge in [-0.3, -0.25) is 24.6 Å². The number of carbonyl (C=O) groups is 3. The Bertz CT molecular complexity index is 1130. The first kappa shape index (κ1) is 20.8. The van der Waals surface area contributed by atoms with Gasteiger partial charge in [0.05, 0.1) is 18.4 Å². The van der Waals surface area contributed by atoms with Crippen molar-refractivity contribution in [3.63, 3.8) is 0 Å². The van der Waals surface area contributed by atoms with Gasteiger partial charge in [-0.05, 0) is 24.5 Å². The van der Waals surface area contributed by atoms with Gasteiger partial charge in [-0.2, -0.15) is 0 Å². The Balaban J connectivity index is 1.65. The number of para-hydroxylation sites is 1. The Morgan fingerprint density at radius 1 is 1.03 bits per heavy atom. The van der Waals surface area contributed by atoms with Crippen molar-refractivity contribution in [1.29, 1.82) is 0 Å². The third-order valence-corrected chi connectivity index (χ3v) is 7.10. The monoisotopic (exact) mass is 435 g/mol. The minimum Gasteiger partial charge on any atom is -0.306 e. The predicted octanol–water partition coefficient (Wildman–Crippen LogP) is 2.82. The number of carbonyl (C=O) groups excluding carboxylic acids is 3. The molecule has 5 rings (SSSR count). The number of nitrogens with zero attached hydrogens (tertiary/aromatic N) is 2. The summed E-state index contributed by atoms with van der Waals surface area (Å²) in [6, 6.07) is 13.4. The van der Waals surface area contributed by atoms with Crippen LogP contribution in [0.5, 0.6) is 0 Å². The molecule has 2 aromatic rings. The third kappa shape index (κ3) is 2.70. The lowest BCUT2D eigenvalue weighted by molar-refractivity contribution is -0.141. The second-order valence-corrected chi connectivity index (χ2v) is 9.43. The van der Waals surface area contributed by atoms with Crippen LogP contribution in [0.25, 0.3) is 0 Å². The molecule has 4 atom stereocenters. The van der Waals surface area contributed by atoms with Crippen LogP contribution in [-0.4, -0.2) is 35.7 Å². The summed E-state index contributed by atoms with van der Waals surface area (Å²) < 4.78 is 14.4. The van der Waals surface area contributed by atoms with Crippen LogP contribution >= 0.6 is 0 Å². The SMILES string of the molecule is CC(C)C[C@@H]1N[C@]2(C(=O)N(Cc3ccccc3F)c3ccccc32)[C@H]2C(=O)N(C)C(=O)[C@H]12. The lowest BCUT2D eigenvalue weighted by Gasteiger charge is -2.30. The molecule has 0 saturated carbocycles. The zero-order valence-corrected chi connectivity index (χ0v) is 18.3. The number of imide groups is 1. The van der Waals surface area contributed by atoms with Crippen LogP contribution in [0.3, 0.4) is 0 Å². The fourth-order valence-electron chi connectivity index (χ4n) is 5.76.